The van der Waals surface area contributed by atoms with Gasteiger partial charge in [-0.05, 0) is 43.0 Å². The summed E-state index contributed by atoms with van der Waals surface area (Å²) in [7, 11) is 0. The van der Waals surface area contributed by atoms with E-state index in [9.17, 15) is 18.0 Å². The van der Waals surface area contributed by atoms with E-state index in [4.69, 9.17) is 4.74 Å². The van der Waals surface area contributed by atoms with Gasteiger partial charge in [-0.2, -0.15) is 13.2 Å². The highest BCUT2D eigenvalue weighted by atomic mass is 19.4. The second-order valence-electron chi connectivity index (χ2n) is 6.70. The van der Waals surface area contributed by atoms with Crippen molar-refractivity contribution in [2.45, 2.75) is 38.9 Å². The van der Waals surface area contributed by atoms with Crippen molar-refractivity contribution in [3.8, 4) is 11.6 Å². The van der Waals surface area contributed by atoms with Crippen molar-refractivity contribution in [3.05, 3.63) is 53.7 Å². The van der Waals surface area contributed by atoms with Gasteiger partial charge in [0, 0.05) is 24.2 Å². The molecule has 1 aliphatic rings. The molecule has 0 spiro atoms. The molecule has 144 valence electrons. The minimum absolute atomic E-state index is 0.00215. The average molecular weight is 378 g/mol. The summed E-state index contributed by atoms with van der Waals surface area (Å²) < 4.78 is 44.1. The zero-order valence-electron chi connectivity index (χ0n) is 14.9. The number of aromatic nitrogens is 1. The number of nitrogens with zero attached hydrogens (tertiary/aromatic N) is 1. The van der Waals surface area contributed by atoms with Crippen LogP contribution in [-0.4, -0.2) is 10.9 Å². The second-order valence-corrected chi connectivity index (χ2v) is 6.70. The molecule has 1 fully saturated rings. The molecular formula is C20H21F3N2O2. The SMILES string of the molecule is CCC[C@H]1C[C@H]1C(=O)NCc1cccnc1Oc1cccc(C(F)(F)F)c1. The van der Waals surface area contributed by atoms with Gasteiger partial charge in [0.05, 0.1) is 5.56 Å². The molecule has 4 nitrogen and oxygen atoms in total. The van der Waals surface area contributed by atoms with Crippen LogP contribution in [0.1, 0.15) is 37.3 Å². The first-order chi connectivity index (χ1) is 12.9. The summed E-state index contributed by atoms with van der Waals surface area (Å²) in [5.41, 5.74) is -0.183. The summed E-state index contributed by atoms with van der Waals surface area (Å²) in [4.78, 5) is 16.3. The van der Waals surface area contributed by atoms with E-state index in [2.05, 4.69) is 17.2 Å². The fraction of sp³-hybridized carbons (Fsp3) is 0.400. The number of hydrogen-bond donors (Lipinski definition) is 1. The number of ether oxygens (including phenoxy) is 1. The third kappa shape index (κ3) is 4.99. The van der Waals surface area contributed by atoms with Crippen LogP contribution in [0, 0.1) is 11.8 Å². The Morgan fingerprint density at radius 1 is 1.30 bits per heavy atom. The number of carbonyl (C=O) groups excluding carboxylic acids is 1. The predicted molar refractivity (Wildman–Crippen MR) is 94.1 cm³/mol. The Kier molecular flexibility index (Phi) is 5.68. The molecule has 1 amide bonds. The van der Waals surface area contributed by atoms with E-state index in [1.165, 1.54) is 18.3 Å². The summed E-state index contributed by atoms with van der Waals surface area (Å²) >= 11 is 0. The van der Waals surface area contributed by atoms with Crippen LogP contribution < -0.4 is 10.1 Å². The zero-order valence-corrected chi connectivity index (χ0v) is 14.9. The van der Waals surface area contributed by atoms with E-state index in [-0.39, 0.29) is 30.0 Å². The largest absolute Gasteiger partial charge is 0.439 e. The lowest BCUT2D eigenvalue weighted by Gasteiger charge is -2.12. The highest BCUT2D eigenvalue weighted by molar-refractivity contribution is 5.81. The van der Waals surface area contributed by atoms with Gasteiger partial charge in [0.25, 0.3) is 0 Å². The Hall–Kier alpha value is -2.57. The number of halogens is 3. The van der Waals surface area contributed by atoms with E-state index in [1.807, 2.05) is 0 Å². The molecule has 2 aromatic rings. The minimum atomic E-state index is -4.44. The van der Waals surface area contributed by atoms with Crippen LogP contribution in [0.5, 0.6) is 11.6 Å². The number of benzene rings is 1. The Bertz CT molecular complexity index is 808. The Morgan fingerprint density at radius 2 is 2.11 bits per heavy atom. The number of carbonyl (C=O) groups is 1. The first-order valence-electron chi connectivity index (χ1n) is 8.95. The molecule has 1 heterocycles. The number of hydrogen-bond acceptors (Lipinski definition) is 3. The molecule has 1 aromatic heterocycles. The van der Waals surface area contributed by atoms with Crippen LogP contribution in [0.4, 0.5) is 13.2 Å². The van der Waals surface area contributed by atoms with E-state index < -0.39 is 11.7 Å². The van der Waals surface area contributed by atoms with Crippen LogP contribution in [0.2, 0.25) is 0 Å². The van der Waals surface area contributed by atoms with Gasteiger partial charge in [-0.25, -0.2) is 4.98 Å². The number of nitrogens with one attached hydrogen (secondary N) is 1. The minimum Gasteiger partial charge on any atom is -0.439 e. The van der Waals surface area contributed by atoms with Crippen LogP contribution in [0.15, 0.2) is 42.6 Å². The fourth-order valence-corrected chi connectivity index (χ4v) is 3.07. The molecule has 0 unspecified atom stereocenters. The van der Waals surface area contributed by atoms with Crippen LogP contribution in [0.3, 0.4) is 0 Å². The molecule has 27 heavy (non-hydrogen) atoms. The zero-order chi connectivity index (χ0) is 19.4. The molecule has 0 bridgehead atoms. The highest BCUT2D eigenvalue weighted by Gasteiger charge is 2.41. The third-order valence-electron chi connectivity index (χ3n) is 4.60. The summed E-state index contributed by atoms with van der Waals surface area (Å²) in [6.07, 6.45) is 0.0766. The Labute approximate surface area is 155 Å². The van der Waals surface area contributed by atoms with Gasteiger partial charge in [-0.15, -0.1) is 0 Å². The summed E-state index contributed by atoms with van der Waals surface area (Å²) in [5, 5.41) is 2.87. The van der Waals surface area contributed by atoms with E-state index in [1.54, 1.807) is 12.1 Å². The summed E-state index contributed by atoms with van der Waals surface area (Å²) in [6.45, 7) is 2.32. The molecular weight excluding hydrogens is 357 g/mol. The number of rotatable bonds is 7. The lowest BCUT2D eigenvalue weighted by atomic mass is 10.2. The maximum atomic E-state index is 12.8. The number of alkyl halides is 3. The standard InChI is InChI=1S/C20H21F3N2O2/c1-2-5-13-10-17(13)18(26)25-12-14-6-4-9-24-19(14)27-16-8-3-7-15(11-16)20(21,22)23/h3-4,6-9,11,13,17H,2,5,10,12H2,1H3,(H,25,26)/t13-,17+/m0/s1. The van der Waals surface area contributed by atoms with Crippen LogP contribution in [0.25, 0.3) is 0 Å². The Morgan fingerprint density at radius 3 is 2.85 bits per heavy atom. The first kappa shape index (κ1) is 19.2. The molecule has 3 rings (SSSR count). The molecule has 1 N–H and O–H groups in total. The average Bonchev–Trinajstić information content (AvgIpc) is 3.40. The molecule has 0 saturated heterocycles. The van der Waals surface area contributed by atoms with Crippen molar-refractivity contribution in [2.24, 2.45) is 11.8 Å². The van der Waals surface area contributed by atoms with Crippen molar-refractivity contribution in [3.63, 3.8) is 0 Å². The smallest absolute Gasteiger partial charge is 0.416 e. The van der Waals surface area contributed by atoms with Gasteiger partial charge >= 0.3 is 6.18 Å². The lowest BCUT2D eigenvalue weighted by Crippen LogP contribution is -2.25. The van der Waals surface area contributed by atoms with Gasteiger partial charge < -0.3 is 10.1 Å². The molecule has 1 aliphatic carbocycles. The molecule has 0 aliphatic heterocycles. The quantitative estimate of drug-likeness (QED) is 0.742. The summed E-state index contributed by atoms with van der Waals surface area (Å²) in [6, 6.07) is 8.05. The van der Waals surface area contributed by atoms with Crippen molar-refractivity contribution < 1.29 is 22.7 Å². The molecule has 1 saturated carbocycles. The van der Waals surface area contributed by atoms with Gasteiger partial charge in [0.1, 0.15) is 5.75 Å². The fourth-order valence-electron chi connectivity index (χ4n) is 3.07. The normalized spacial score (nSPS) is 18.8. The van der Waals surface area contributed by atoms with Crippen molar-refractivity contribution in [1.82, 2.24) is 10.3 Å². The topological polar surface area (TPSA) is 51.2 Å². The summed E-state index contributed by atoms with van der Waals surface area (Å²) in [5.74, 6) is 0.751. The molecule has 1 aromatic carbocycles. The lowest BCUT2D eigenvalue weighted by molar-refractivity contribution is -0.137. The first-order valence-corrected chi connectivity index (χ1v) is 8.95. The molecule has 7 heteroatoms. The number of pyridine rings is 1. The van der Waals surface area contributed by atoms with Gasteiger partial charge in [0.15, 0.2) is 0 Å². The van der Waals surface area contributed by atoms with Gasteiger partial charge in [0.2, 0.25) is 11.8 Å². The van der Waals surface area contributed by atoms with Crippen molar-refractivity contribution in [1.29, 1.82) is 0 Å². The Balaban J connectivity index is 1.65. The number of amides is 1. The van der Waals surface area contributed by atoms with E-state index in [0.717, 1.165) is 31.4 Å². The monoisotopic (exact) mass is 378 g/mol. The highest BCUT2D eigenvalue weighted by Crippen LogP contribution is 2.42. The van der Waals surface area contributed by atoms with Gasteiger partial charge in [-0.3, -0.25) is 4.79 Å². The van der Waals surface area contributed by atoms with E-state index in [0.29, 0.717) is 11.5 Å². The van der Waals surface area contributed by atoms with Gasteiger partial charge in [-0.1, -0.05) is 25.5 Å². The molecule has 0 radical (unpaired) electrons. The van der Waals surface area contributed by atoms with Crippen LogP contribution in [-0.2, 0) is 17.5 Å². The van der Waals surface area contributed by atoms with Crippen molar-refractivity contribution >= 4 is 5.91 Å². The van der Waals surface area contributed by atoms with Crippen LogP contribution >= 0.6 is 0 Å². The van der Waals surface area contributed by atoms with Crippen molar-refractivity contribution in [2.75, 3.05) is 0 Å². The third-order valence-corrected chi connectivity index (χ3v) is 4.60. The second kappa shape index (κ2) is 7.98. The maximum Gasteiger partial charge on any atom is 0.416 e. The van der Waals surface area contributed by atoms with E-state index >= 15 is 0 Å². The predicted octanol–water partition coefficient (Wildman–Crippen LogP) is 4.95. The molecule has 2 atom stereocenters. The maximum absolute atomic E-state index is 12.8.